The summed E-state index contributed by atoms with van der Waals surface area (Å²) in [5.41, 5.74) is 0.163. The van der Waals surface area contributed by atoms with Crippen LogP contribution in [0.1, 0.15) is 38.7 Å². The van der Waals surface area contributed by atoms with E-state index in [2.05, 4.69) is 21.2 Å². The van der Waals surface area contributed by atoms with Gasteiger partial charge < -0.3 is 29.7 Å². The summed E-state index contributed by atoms with van der Waals surface area (Å²) in [5, 5.41) is 31.9. The first kappa shape index (κ1) is 31.9. The molecule has 3 fully saturated rings. The van der Waals surface area contributed by atoms with Gasteiger partial charge in [0.05, 0.1) is 31.2 Å². The minimum atomic E-state index is -1.86. The van der Waals surface area contributed by atoms with E-state index in [1.165, 1.54) is 24.3 Å². The number of nitrogens with one attached hydrogen (secondary N) is 1. The van der Waals surface area contributed by atoms with Gasteiger partial charge in [-0.1, -0.05) is 12.1 Å². The minimum Gasteiger partial charge on any atom is -0.447 e. The van der Waals surface area contributed by atoms with Crippen molar-refractivity contribution >= 4 is 19.1 Å². The van der Waals surface area contributed by atoms with Crippen molar-refractivity contribution in [1.29, 1.82) is 5.26 Å². The van der Waals surface area contributed by atoms with Gasteiger partial charge in [0.2, 0.25) is 0 Å². The molecule has 0 spiro atoms. The van der Waals surface area contributed by atoms with Crippen molar-refractivity contribution in [3.63, 3.8) is 0 Å². The summed E-state index contributed by atoms with van der Waals surface area (Å²) >= 11 is 0. The van der Waals surface area contributed by atoms with Gasteiger partial charge >= 0.3 is 13.2 Å². The zero-order chi connectivity index (χ0) is 30.3. The maximum Gasteiger partial charge on any atom is 0.475 e. The van der Waals surface area contributed by atoms with Gasteiger partial charge in [-0.3, -0.25) is 14.6 Å². The van der Waals surface area contributed by atoms with Gasteiger partial charge in [-0.2, -0.15) is 5.26 Å². The molecular formula is C29H41BFN5O6. The highest BCUT2D eigenvalue weighted by molar-refractivity contribution is 6.43. The highest BCUT2D eigenvalue weighted by Gasteiger charge is 2.36. The lowest BCUT2D eigenvalue weighted by atomic mass is 9.76. The van der Waals surface area contributed by atoms with Gasteiger partial charge in [0.25, 0.3) is 5.91 Å². The number of likely N-dealkylation sites (tertiary alicyclic amines) is 1. The molecule has 2 atom stereocenters. The quantitative estimate of drug-likeness (QED) is 0.209. The van der Waals surface area contributed by atoms with E-state index in [1.807, 2.05) is 13.8 Å². The summed E-state index contributed by atoms with van der Waals surface area (Å²) < 4.78 is 23.9. The maximum absolute atomic E-state index is 13.6. The molecule has 0 bridgehead atoms. The summed E-state index contributed by atoms with van der Waals surface area (Å²) in [5.74, 6) is -1.88. The van der Waals surface area contributed by atoms with Gasteiger partial charge in [-0.15, -0.1) is 0 Å². The Morgan fingerprint density at radius 2 is 1.88 bits per heavy atom. The normalized spacial score (nSPS) is 21.7. The highest BCUT2D eigenvalue weighted by atomic mass is 19.1. The Hall–Kier alpha value is -3.02. The Balaban J connectivity index is 1.33. The van der Waals surface area contributed by atoms with E-state index in [1.54, 1.807) is 11.0 Å². The number of nitriles is 1. The zero-order valence-corrected chi connectivity index (χ0v) is 24.4. The van der Waals surface area contributed by atoms with Gasteiger partial charge in [0, 0.05) is 38.3 Å². The number of piperazine rings is 1. The number of rotatable bonds is 10. The van der Waals surface area contributed by atoms with E-state index in [-0.39, 0.29) is 24.5 Å². The second-order valence-corrected chi connectivity index (χ2v) is 11.8. The molecule has 3 saturated heterocycles. The monoisotopic (exact) mass is 585 g/mol. The molecule has 3 aliphatic heterocycles. The second-order valence-electron chi connectivity index (χ2n) is 11.8. The molecule has 2 amide bonds. The number of amides is 2. The Bertz CT molecular complexity index is 1150. The number of hydrogen-bond acceptors (Lipinski definition) is 9. The smallest absolute Gasteiger partial charge is 0.447 e. The first-order valence-corrected chi connectivity index (χ1v) is 14.6. The molecule has 3 heterocycles. The van der Waals surface area contributed by atoms with Crippen molar-refractivity contribution in [2.24, 2.45) is 0 Å². The SMILES string of the molecule is CC(C)(C=C(C#N)C(=O)N1CCCCC1COC(=O)N[C@@H](Cc1ccc(F)cc1)B(O)O)N1CCN(C2COC2)CC1. The number of piperidine rings is 1. The number of halogens is 1. The first-order valence-electron chi connectivity index (χ1n) is 14.6. The fourth-order valence-electron chi connectivity index (χ4n) is 5.75. The molecule has 0 aliphatic carbocycles. The van der Waals surface area contributed by atoms with Crippen LogP contribution in [0.2, 0.25) is 0 Å². The summed E-state index contributed by atoms with van der Waals surface area (Å²) in [6, 6.07) is 7.67. The van der Waals surface area contributed by atoms with E-state index in [0.717, 1.165) is 52.2 Å². The maximum atomic E-state index is 13.6. The molecule has 0 saturated carbocycles. The molecule has 228 valence electrons. The lowest BCUT2D eigenvalue weighted by Gasteiger charge is -2.46. The molecule has 13 heteroatoms. The summed E-state index contributed by atoms with van der Waals surface area (Å²) in [6.45, 7) is 9.39. The lowest BCUT2D eigenvalue weighted by molar-refractivity contribution is -0.131. The fourth-order valence-corrected chi connectivity index (χ4v) is 5.75. The van der Waals surface area contributed by atoms with Crippen LogP contribution in [-0.4, -0.2) is 120 Å². The topological polar surface area (TPSA) is 139 Å². The Kier molecular flexibility index (Phi) is 11.0. The number of nitrogens with zero attached hydrogens (tertiary/aromatic N) is 4. The van der Waals surface area contributed by atoms with Crippen LogP contribution in [-0.2, 0) is 20.7 Å². The number of carbonyl (C=O) groups excluding carboxylic acids is 2. The van der Waals surface area contributed by atoms with Crippen LogP contribution in [0.15, 0.2) is 35.9 Å². The average molecular weight is 585 g/mol. The number of alkyl carbamates (subject to hydrolysis) is 1. The first-order chi connectivity index (χ1) is 20.1. The van der Waals surface area contributed by atoms with E-state index in [0.29, 0.717) is 24.6 Å². The van der Waals surface area contributed by atoms with E-state index in [4.69, 9.17) is 9.47 Å². The highest BCUT2D eigenvalue weighted by Crippen LogP contribution is 2.25. The average Bonchev–Trinajstić information content (AvgIpc) is 2.94. The van der Waals surface area contributed by atoms with Crippen LogP contribution in [0, 0.1) is 17.1 Å². The second kappa shape index (κ2) is 14.4. The molecular weight excluding hydrogens is 544 g/mol. The number of hydrogen-bond donors (Lipinski definition) is 3. The van der Waals surface area contributed by atoms with Gasteiger partial charge in [0.15, 0.2) is 0 Å². The molecule has 1 unspecified atom stereocenters. The van der Waals surface area contributed by atoms with Crippen LogP contribution in [0.4, 0.5) is 9.18 Å². The van der Waals surface area contributed by atoms with Crippen molar-refractivity contribution < 1.29 is 33.5 Å². The molecule has 3 N–H and O–H groups in total. The van der Waals surface area contributed by atoms with Gasteiger partial charge in [-0.05, 0) is 63.3 Å². The van der Waals surface area contributed by atoms with E-state index >= 15 is 0 Å². The largest absolute Gasteiger partial charge is 0.475 e. The van der Waals surface area contributed by atoms with Crippen molar-refractivity contribution in [3.05, 3.63) is 47.3 Å². The van der Waals surface area contributed by atoms with Crippen molar-refractivity contribution in [2.45, 2.75) is 63.1 Å². The number of ether oxygens (including phenoxy) is 2. The van der Waals surface area contributed by atoms with E-state index in [9.17, 15) is 29.3 Å². The fraction of sp³-hybridized carbons (Fsp3) is 0.621. The Labute approximate surface area is 247 Å². The molecule has 1 aromatic rings. The number of benzene rings is 1. The van der Waals surface area contributed by atoms with Crippen molar-refractivity contribution in [1.82, 2.24) is 20.0 Å². The van der Waals surface area contributed by atoms with Crippen molar-refractivity contribution in [3.8, 4) is 6.07 Å². The molecule has 42 heavy (non-hydrogen) atoms. The Morgan fingerprint density at radius 1 is 1.19 bits per heavy atom. The lowest BCUT2D eigenvalue weighted by Crippen LogP contribution is -2.59. The molecule has 3 aliphatic rings. The van der Waals surface area contributed by atoms with Crippen LogP contribution in [0.25, 0.3) is 0 Å². The van der Waals surface area contributed by atoms with Gasteiger partial charge in [-0.25, -0.2) is 9.18 Å². The third kappa shape index (κ3) is 8.29. The third-order valence-electron chi connectivity index (χ3n) is 8.44. The van der Waals surface area contributed by atoms with Crippen LogP contribution >= 0.6 is 0 Å². The molecule has 0 radical (unpaired) electrons. The molecule has 1 aromatic carbocycles. The van der Waals surface area contributed by atoms with Crippen LogP contribution in [0.3, 0.4) is 0 Å². The van der Waals surface area contributed by atoms with Crippen LogP contribution < -0.4 is 5.32 Å². The summed E-state index contributed by atoms with van der Waals surface area (Å²) in [6.07, 6.45) is 3.17. The number of carbonyl (C=O) groups is 2. The molecule has 4 rings (SSSR count). The Morgan fingerprint density at radius 3 is 2.48 bits per heavy atom. The summed E-state index contributed by atoms with van der Waals surface area (Å²) in [7, 11) is -1.86. The van der Waals surface area contributed by atoms with Gasteiger partial charge in [0.1, 0.15) is 24.1 Å². The molecule has 11 nitrogen and oxygen atoms in total. The zero-order valence-electron chi connectivity index (χ0n) is 24.4. The van der Waals surface area contributed by atoms with Crippen molar-refractivity contribution in [2.75, 3.05) is 52.5 Å². The van der Waals surface area contributed by atoms with E-state index < -0.39 is 36.6 Å². The third-order valence-corrected chi connectivity index (χ3v) is 8.44. The van der Waals surface area contributed by atoms with Crippen LogP contribution in [0.5, 0.6) is 0 Å². The minimum absolute atomic E-state index is 0.0528. The summed E-state index contributed by atoms with van der Waals surface area (Å²) in [4.78, 5) is 32.5. The predicted molar refractivity (Wildman–Crippen MR) is 153 cm³/mol. The predicted octanol–water partition coefficient (Wildman–Crippen LogP) is 1.10. The standard InChI is InChI=1S/C29H41BFN5O6/c1-29(2,35-13-11-34(12-14-35)25-18-41-19-25)16-22(17-32)27(37)36-10-4-3-5-24(36)20-42-28(38)33-26(30(39)40)15-21-6-8-23(31)9-7-21/h6-9,16,24-26,39-40H,3-5,10-15,18-20H2,1-2H3,(H,33,38)/t24?,26-/m0/s1. The molecule has 0 aromatic heterocycles.